The van der Waals surface area contributed by atoms with Crippen LogP contribution in [0.15, 0.2) is 132 Å². The molecule has 3 aromatic carbocycles. The van der Waals surface area contributed by atoms with E-state index in [1.54, 1.807) is 14.2 Å². The molecule has 3 aromatic rings. The summed E-state index contributed by atoms with van der Waals surface area (Å²) >= 11 is 0. The highest BCUT2D eigenvalue weighted by Crippen LogP contribution is 2.61. The number of ketones is 1. The van der Waals surface area contributed by atoms with E-state index in [0.717, 1.165) is 33.7 Å². The van der Waals surface area contributed by atoms with Gasteiger partial charge in [-0.1, -0.05) is 144 Å². The molecule has 384 valence electrons. The molecule has 1 saturated heterocycles. The number of benzene rings is 3. The highest BCUT2D eigenvalue weighted by atomic mass is 28.4. The van der Waals surface area contributed by atoms with E-state index in [1.165, 1.54) is 14.2 Å². The predicted octanol–water partition coefficient (Wildman–Crippen LogP) is 8.52. The minimum atomic E-state index is -3.07. The maximum atomic E-state index is 15.9. The Balaban J connectivity index is 1.31. The normalized spacial score (nSPS) is 29.7. The fourth-order valence-corrected chi connectivity index (χ4v) is 17.3. The molecule has 0 radical (unpaired) electrons. The van der Waals surface area contributed by atoms with Crippen LogP contribution < -0.4 is 15.1 Å². The molecule has 0 amide bonds. The van der Waals surface area contributed by atoms with Crippen LogP contribution in [0.25, 0.3) is 0 Å². The summed E-state index contributed by atoms with van der Waals surface area (Å²) in [4.78, 5) is 31.0. The van der Waals surface area contributed by atoms with Crippen LogP contribution in [0.1, 0.15) is 66.9 Å². The Morgan fingerprint density at radius 3 is 2.06 bits per heavy atom. The van der Waals surface area contributed by atoms with Gasteiger partial charge in [-0.2, -0.15) is 0 Å². The molecule has 1 aliphatic heterocycles. The molecule has 2 fully saturated rings. The van der Waals surface area contributed by atoms with E-state index in [4.69, 9.17) is 42.3 Å². The minimum absolute atomic E-state index is 0.0221. The number of esters is 1. The second kappa shape index (κ2) is 23.0. The van der Waals surface area contributed by atoms with E-state index < -0.39 is 49.7 Å². The van der Waals surface area contributed by atoms with Crippen LogP contribution in [-0.4, -0.2) is 105 Å². The SMILES string of the molecule is COCO[C@@H]1[C@H]2C=C[C@@H](/C(C)=C\COCc3ccc(OC)cc3)[C@@](C)(/C(OC)=C3\C(=O)O[C@]4(CC(CO[Si](c5ccccc5)(c5ccccc5)C(C)(C)C)=C[C@H](OCOC)[C@H]4CO)C3=O)[C@@H]2[C@@H](C)C[C@@H]1C. The molecule has 7 rings (SSSR count). The zero-order valence-electron chi connectivity index (χ0n) is 43.6. The van der Waals surface area contributed by atoms with E-state index in [-0.39, 0.29) is 78.7 Å². The van der Waals surface area contributed by atoms with Crippen molar-refractivity contribution in [3.63, 3.8) is 0 Å². The van der Waals surface area contributed by atoms with Gasteiger partial charge in [0.15, 0.2) is 5.60 Å². The van der Waals surface area contributed by atoms with Gasteiger partial charge < -0.3 is 47.4 Å². The second-order valence-electron chi connectivity index (χ2n) is 21.1. The van der Waals surface area contributed by atoms with Gasteiger partial charge in [0.25, 0.3) is 8.32 Å². The molecule has 1 heterocycles. The summed E-state index contributed by atoms with van der Waals surface area (Å²) in [7, 11) is 3.24. The lowest BCUT2D eigenvalue weighted by atomic mass is 9.49. The summed E-state index contributed by atoms with van der Waals surface area (Å²) in [5.41, 5.74) is -0.277. The topological polar surface area (TPSA) is 137 Å². The van der Waals surface area contributed by atoms with Crippen LogP contribution in [0.3, 0.4) is 0 Å². The molecule has 3 aliphatic carbocycles. The first kappa shape index (κ1) is 54.1. The first-order chi connectivity index (χ1) is 34.1. The van der Waals surface area contributed by atoms with E-state index >= 15 is 9.59 Å². The van der Waals surface area contributed by atoms with E-state index in [2.05, 4.69) is 91.0 Å². The summed E-state index contributed by atoms with van der Waals surface area (Å²) in [6.45, 7) is 15.6. The fourth-order valence-electron chi connectivity index (χ4n) is 12.7. The standard InChI is InChI=1S/C58H76O12Si/c1-38(28-29-66-34-41-22-24-43(64-10)25-23-41)47-27-26-46-51(39(2)30-40(3)52(46)68-37-63-9)57(47,7)54(65-11)50-53(60)58(70-55(50)61)32-42(31-49(48(58)33-59)67-36-62-8)35-69-71(56(4,5)6,44-18-14-12-15-19-44)45-20-16-13-17-21-45/h12-28,31,39-40,46-49,51-52,59H,29-30,32-37H2,1-11H3/b38-28-,54-50+/t39-,40-,46-,47-,48+,49-,51+,52-,57+,58-/m0/s1. The molecule has 0 bridgehead atoms. The van der Waals surface area contributed by atoms with Gasteiger partial charge in [0.05, 0.1) is 58.8 Å². The van der Waals surface area contributed by atoms with Crippen molar-refractivity contribution in [2.45, 2.75) is 90.8 Å². The summed E-state index contributed by atoms with van der Waals surface area (Å²) in [5.74, 6) is -1.61. The van der Waals surface area contributed by atoms with Crippen molar-refractivity contribution in [2.24, 2.45) is 40.9 Å². The summed E-state index contributed by atoms with van der Waals surface area (Å²) in [5, 5.41) is 13.2. The number of carbonyl (C=O) groups excluding carboxylic acids is 2. The molecule has 0 unspecified atom stereocenters. The maximum absolute atomic E-state index is 15.9. The van der Waals surface area contributed by atoms with Crippen molar-refractivity contribution in [3.05, 3.63) is 137 Å². The highest BCUT2D eigenvalue weighted by Gasteiger charge is 2.65. The lowest BCUT2D eigenvalue weighted by molar-refractivity contribution is -0.173. The third kappa shape index (κ3) is 10.4. The lowest BCUT2D eigenvalue weighted by Gasteiger charge is -2.56. The summed E-state index contributed by atoms with van der Waals surface area (Å²) in [6.07, 6.45) is 8.14. The zero-order valence-corrected chi connectivity index (χ0v) is 44.6. The molecule has 0 aromatic heterocycles. The van der Waals surface area contributed by atoms with Crippen molar-refractivity contribution < 1.29 is 57.0 Å². The number of Topliss-reactive ketones (excluding diaryl/α,β-unsaturated/α-hetero) is 1. The first-order valence-electron chi connectivity index (χ1n) is 24.9. The number of hydrogen-bond donors (Lipinski definition) is 1. The van der Waals surface area contributed by atoms with Gasteiger partial charge in [-0.25, -0.2) is 4.79 Å². The third-order valence-electron chi connectivity index (χ3n) is 15.8. The maximum Gasteiger partial charge on any atom is 0.346 e. The molecule has 71 heavy (non-hydrogen) atoms. The lowest BCUT2D eigenvalue weighted by Crippen LogP contribution is -2.66. The van der Waals surface area contributed by atoms with Crippen LogP contribution in [0.5, 0.6) is 5.75 Å². The molecular formula is C58H76O12Si. The minimum Gasteiger partial charge on any atom is -0.499 e. The van der Waals surface area contributed by atoms with Crippen molar-refractivity contribution in [1.29, 1.82) is 0 Å². The third-order valence-corrected chi connectivity index (χ3v) is 20.7. The highest BCUT2D eigenvalue weighted by molar-refractivity contribution is 6.99. The monoisotopic (exact) mass is 993 g/mol. The Morgan fingerprint density at radius 2 is 1.48 bits per heavy atom. The van der Waals surface area contributed by atoms with Gasteiger partial charge in [-0.15, -0.1) is 0 Å². The number of allylic oxidation sites excluding steroid dienone is 3. The number of methoxy groups -OCH3 is 4. The fraction of sp³-hybridized carbons (Fsp3) is 0.517. The largest absolute Gasteiger partial charge is 0.499 e. The predicted molar refractivity (Wildman–Crippen MR) is 275 cm³/mol. The Kier molecular flexibility index (Phi) is 17.5. The molecular weight excluding hydrogens is 917 g/mol. The van der Waals surface area contributed by atoms with Gasteiger partial charge in [0.2, 0.25) is 5.78 Å². The summed E-state index contributed by atoms with van der Waals surface area (Å²) < 4.78 is 55.6. The molecule has 1 spiro atoms. The zero-order chi connectivity index (χ0) is 51.1. The Morgan fingerprint density at radius 1 is 0.845 bits per heavy atom. The number of ether oxygens (including phenoxy) is 8. The molecule has 4 aliphatic rings. The van der Waals surface area contributed by atoms with Gasteiger partial charge in [-0.3, -0.25) is 4.79 Å². The second-order valence-corrected chi connectivity index (χ2v) is 25.4. The van der Waals surface area contributed by atoms with Crippen molar-refractivity contribution in [2.75, 3.05) is 61.8 Å². The number of fused-ring (bicyclic) bond motifs is 1. The van der Waals surface area contributed by atoms with E-state index in [1.807, 2.05) is 66.7 Å². The average molecular weight is 993 g/mol. The number of aliphatic hydroxyl groups is 1. The Bertz CT molecular complexity index is 2370. The van der Waals surface area contributed by atoms with Crippen molar-refractivity contribution in [3.8, 4) is 5.75 Å². The molecule has 13 heteroatoms. The molecule has 10 atom stereocenters. The van der Waals surface area contributed by atoms with Gasteiger partial charge in [-0.05, 0) is 69.8 Å². The number of rotatable bonds is 20. The first-order valence-corrected chi connectivity index (χ1v) is 26.9. The average Bonchev–Trinajstić information content (AvgIpc) is 3.59. The number of aliphatic hydroxyl groups excluding tert-OH is 1. The van der Waals surface area contributed by atoms with Gasteiger partial charge in [0.1, 0.15) is 30.7 Å². The molecule has 12 nitrogen and oxygen atoms in total. The van der Waals surface area contributed by atoms with Crippen molar-refractivity contribution >= 4 is 30.4 Å². The number of hydrogen-bond acceptors (Lipinski definition) is 12. The van der Waals surface area contributed by atoms with E-state index in [9.17, 15) is 5.11 Å². The van der Waals surface area contributed by atoms with E-state index in [0.29, 0.717) is 18.8 Å². The van der Waals surface area contributed by atoms with Crippen LogP contribution in [0.4, 0.5) is 0 Å². The molecule has 1 saturated carbocycles. The van der Waals surface area contributed by atoms with Crippen LogP contribution in [-0.2, 0) is 53.8 Å². The smallest absolute Gasteiger partial charge is 0.346 e. The van der Waals surface area contributed by atoms with Crippen LogP contribution in [0, 0.1) is 40.9 Å². The summed E-state index contributed by atoms with van der Waals surface area (Å²) in [6, 6.07) is 28.4. The number of carbonyl (C=O) groups is 2. The van der Waals surface area contributed by atoms with Crippen LogP contribution in [0.2, 0.25) is 5.04 Å². The van der Waals surface area contributed by atoms with Gasteiger partial charge in [0, 0.05) is 37.9 Å². The quantitative estimate of drug-likeness (QED) is 0.0170. The molecule has 1 N–H and O–H groups in total. The Hall–Kier alpha value is -4.70. The van der Waals surface area contributed by atoms with Crippen molar-refractivity contribution in [1.82, 2.24) is 0 Å². The van der Waals surface area contributed by atoms with Crippen LogP contribution >= 0.6 is 0 Å². The van der Waals surface area contributed by atoms with Gasteiger partial charge >= 0.3 is 5.97 Å². The Labute approximate surface area is 422 Å².